The molecule has 1 rings (SSSR count). The Hall–Kier alpha value is -1.30. The molecule has 1 heterocycles. The summed E-state index contributed by atoms with van der Waals surface area (Å²) < 4.78 is 0. The lowest BCUT2D eigenvalue weighted by Gasteiger charge is -2.27. The molecule has 1 unspecified atom stereocenters. The van der Waals surface area contributed by atoms with Crippen LogP contribution in [0.2, 0.25) is 0 Å². The van der Waals surface area contributed by atoms with E-state index in [4.69, 9.17) is 5.73 Å². The summed E-state index contributed by atoms with van der Waals surface area (Å²) >= 11 is 1.29. The van der Waals surface area contributed by atoms with Crippen molar-refractivity contribution >= 4 is 28.2 Å². The summed E-state index contributed by atoms with van der Waals surface area (Å²) in [5.74, 6) is 0.116. The molecule has 20 heavy (non-hydrogen) atoms. The Labute approximate surface area is 125 Å². The second kappa shape index (κ2) is 5.60. The summed E-state index contributed by atoms with van der Waals surface area (Å²) in [6, 6.07) is 0.0514. The van der Waals surface area contributed by atoms with Gasteiger partial charge in [-0.15, -0.1) is 0 Å². The van der Waals surface area contributed by atoms with E-state index in [-0.39, 0.29) is 28.7 Å². The third kappa shape index (κ3) is 4.67. The Balaban J connectivity index is 2.84. The fourth-order valence-corrected chi connectivity index (χ4v) is 2.34. The van der Waals surface area contributed by atoms with Gasteiger partial charge in [0.1, 0.15) is 10.7 Å². The maximum absolute atomic E-state index is 12.3. The van der Waals surface area contributed by atoms with Crippen molar-refractivity contribution in [1.82, 2.24) is 10.3 Å². The van der Waals surface area contributed by atoms with Crippen LogP contribution in [-0.4, -0.2) is 22.5 Å². The quantitative estimate of drug-likeness (QED) is 0.801. The van der Waals surface area contributed by atoms with Crippen LogP contribution in [0.15, 0.2) is 0 Å². The van der Waals surface area contributed by atoms with Crippen molar-refractivity contribution in [2.24, 2.45) is 5.41 Å². The van der Waals surface area contributed by atoms with Crippen LogP contribution >= 0.6 is 11.3 Å². The summed E-state index contributed by atoms with van der Waals surface area (Å²) in [7, 11) is 0. The molecule has 6 heteroatoms. The molecule has 0 bridgehead atoms. The minimum Gasteiger partial charge on any atom is -0.382 e. The second-order valence-electron chi connectivity index (χ2n) is 7.17. The number of nitrogens with zero attached hydrogens (tertiary/aromatic N) is 1. The van der Waals surface area contributed by atoms with Crippen molar-refractivity contribution in [1.29, 1.82) is 0 Å². The Morgan fingerprint density at radius 1 is 1.25 bits per heavy atom. The number of carbonyl (C=O) groups is 1. The van der Waals surface area contributed by atoms with Gasteiger partial charge in [-0.1, -0.05) is 32.1 Å². The maximum atomic E-state index is 12.3. The molecular weight excluding hydrogens is 272 g/mol. The number of aromatic nitrogens is 1. The number of thiazole rings is 1. The van der Waals surface area contributed by atoms with Crippen LogP contribution < -0.4 is 16.4 Å². The highest BCUT2D eigenvalue weighted by molar-refractivity contribution is 7.18. The predicted octanol–water partition coefficient (Wildman–Crippen LogP) is 3.10. The first-order valence-corrected chi connectivity index (χ1v) is 7.57. The zero-order chi connectivity index (χ0) is 15.7. The van der Waals surface area contributed by atoms with Gasteiger partial charge >= 0.3 is 0 Å². The molecule has 4 N–H and O–H groups in total. The van der Waals surface area contributed by atoms with Gasteiger partial charge < -0.3 is 16.4 Å². The van der Waals surface area contributed by atoms with Gasteiger partial charge in [-0.05, 0) is 33.1 Å². The Morgan fingerprint density at radius 2 is 1.80 bits per heavy atom. The molecule has 1 amide bonds. The molecule has 1 aromatic rings. The van der Waals surface area contributed by atoms with Gasteiger partial charge in [-0.25, -0.2) is 4.98 Å². The Bertz CT molecular complexity index is 482. The highest BCUT2D eigenvalue weighted by Gasteiger charge is 2.25. The molecule has 0 fully saturated rings. The van der Waals surface area contributed by atoms with Crippen LogP contribution in [0, 0.1) is 5.41 Å². The van der Waals surface area contributed by atoms with E-state index in [0.717, 1.165) is 0 Å². The molecule has 5 nitrogen and oxygen atoms in total. The van der Waals surface area contributed by atoms with Crippen LogP contribution in [-0.2, 0) is 0 Å². The standard InChI is InChI=1S/C14H26N4OS/c1-8(13(2,3)4)16-11(19)9-10(15)17-12(20-9)18-14(5,6)7/h8H,15H2,1-7H3,(H,16,19)(H,17,18). The van der Waals surface area contributed by atoms with Crippen LogP contribution in [0.25, 0.3) is 0 Å². The maximum Gasteiger partial charge on any atom is 0.265 e. The number of hydrogen-bond acceptors (Lipinski definition) is 5. The van der Waals surface area contributed by atoms with Crippen molar-refractivity contribution in [3.8, 4) is 0 Å². The molecule has 1 aromatic heterocycles. The summed E-state index contributed by atoms with van der Waals surface area (Å²) in [5, 5.41) is 6.87. The first-order valence-electron chi connectivity index (χ1n) is 6.75. The minimum absolute atomic E-state index is 0.00159. The third-order valence-electron chi connectivity index (χ3n) is 2.99. The van der Waals surface area contributed by atoms with Crippen LogP contribution in [0.1, 0.15) is 58.1 Å². The molecule has 0 radical (unpaired) electrons. The summed E-state index contributed by atoms with van der Waals surface area (Å²) in [6.07, 6.45) is 0. The molecule has 0 aliphatic heterocycles. The lowest BCUT2D eigenvalue weighted by Crippen LogP contribution is -2.41. The van der Waals surface area contributed by atoms with Crippen LogP contribution in [0.5, 0.6) is 0 Å². The highest BCUT2D eigenvalue weighted by Crippen LogP contribution is 2.28. The van der Waals surface area contributed by atoms with Crippen molar-refractivity contribution in [3.63, 3.8) is 0 Å². The van der Waals surface area contributed by atoms with E-state index in [1.807, 2.05) is 27.7 Å². The van der Waals surface area contributed by atoms with Crippen molar-refractivity contribution in [2.45, 2.75) is 60.0 Å². The molecular formula is C14H26N4OS. The molecule has 0 saturated heterocycles. The van der Waals surface area contributed by atoms with E-state index in [1.165, 1.54) is 11.3 Å². The number of carbonyl (C=O) groups excluding carboxylic acids is 1. The number of nitrogens with two attached hydrogens (primary N) is 1. The molecule has 0 aliphatic carbocycles. The van der Waals surface area contributed by atoms with Gasteiger partial charge in [0.2, 0.25) is 0 Å². The minimum atomic E-state index is -0.163. The van der Waals surface area contributed by atoms with E-state index in [2.05, 4.69) is 36.4 Å². The van der Waals surface area contributed by atoms with Crippen molar-refractivity contribution in [3.05, 3.63) is 4.88 Å². The fraction of sp³-hybridized carbons (Fsp3) is 0.714. The van der Waals surface area contributed by atoms with Gasteiger partial charge in [-0.2, -0.15) is 0 Å². The largest absolute Gasteiger partial charge is 0.382 e. The van der Waals surface area contributed by atoms with E-state index >= 15 is 0 Å². The molecule has 0 aliphatic rings. The molecule has 1 atom stereocenters. The van der Waals surface area contributed by atoms with Gasteiger partial charge in [0.15, 0.2) is 5.13 Å². The smallest absolute Gasteiger partial charge is 0.265 e. The number of hydrogen-bond donors (Lipinski definition) is 3. The van der Waals surface area contributed by atoms with Crippen molar-refractivity contribution in [2.75, 3.05) is 11.1 Å². The first kappa shape index (κ1) is 16.8. The van der Waals surface area contributed by atoms with E-state index in [0.29, 0.717) is 10.0 Å². The zero-order valence-corrected chi connectivity index (χ0v) is 14.2. The fourth-order valence-electron chi connectivity index (χ4n) is 1.35. The highest BCUT2D eigenvalue weighted by atomic mass is 32.1. The van der Waals surface area contributed by atoms with Crippen LogP contribution in [0.4, 0.5) is 10.9 Å². The van der Waals surface area contributed by atoms with E-state index in [9.17, 15) is 4.79 Å². The van der Waals surface area contributed by atoms with Crippen LogP contribution in [0.3, 0.4) is 0 Å². The summed E-state index contributed by atoms with van der Waals surface area (Å²) in [6.45, 7) is 14.3. The lowest BCUT2D eigenvalue weighted by molar-refractivity contribution is 0.0915. The Morgan fingerprint density at radius 3 is 2.25 bits per heavy atom. The van der Waals surface area contributed by atoms with Crippen molar-refractivity contribution < 1.29 is 4.79 Å². The third-order valence-corrected chi connectivity index (χ3v) is 3.97. The topological polar surface area (TPSA) is 80.0 Å². The molecule has 0 saturated carbocycles. The SMILES string of the molecule is CC(NC(=O)c1sc(NC(C)(C)C)nc1N)C(C)(C)C. The number of rotatable bonds is 3. The number of anilines is 2. The number of amides is 1. The summed E-state index contributed by atoms with van der Waals surface area (Å²) in [4.78, 5) is 16.9. The van der Waals surface area contributed by atoms with E-state index in [1.54, 1.807) is 0 Å². The van der Waals surface area contributed by atoms with E-state index < -0.39 is 0 Å². The first-order chi connectivity index (χ1) is 8.90. The monoisotopic (exact) mass is 298 g/mol. The number of nitrogen functional groups attached to an aromatic ring is 1. The van der Waals surface area contributed by atoms with Gasteiger partial charge in [0.05, 0.1) is 0 Å². The average Bonchev–Trinajstić information content (AvgIpc) is 2.54. The zero-order valence-electron chi connectivity index (χ0n) is 13.4. The predicted molar refractivity (Wildman–Crippen MR) is 86.3 cm³/mol. The van der Waals surface area contributed by atoms with Gasteiger partial charge in [0, 0.05) is 11.6 Å². The molecule has 114 valence electrons. The lowest BCUT2D eigenvalue weighted by atomic mass is 9.88. The normalized spacial score (nSPS) is 13.9. The number of nitrogens with one attached hydrogen (secondary N) is 2. The molecule has 0 spiro atoms. The summed E-state index contributed by atoms with van der Waals surface area (Å²) in [5.41, 5.74) is 5.73. The average molecular weight is 298 g/mol. The molecule has 0 aromatic carbocycles. The van der Waals surface area contributed by atoms with Gasteiger partial charge in [0.25, 0.3) is 5.91 Å². The second-order valence-corrected chi connectivity index (χ2v) is 8.17. The van der Waals surface area contributed by atoms with Gasteiger partial charge in [-0.3, -0.25) is 4.79 Å². The Kier molecular flexibility index (Phi) is 4.69.